The van der Waals surface area contributed by atoms with E-state index in [2.05, 4.69) is 15.0 Å². The van der Waals surface area contributed by atoms with Gasteiger partial charge in [-0.25, -0.2) is 14.4 Å². The summed E-state index contributed by atoms with van der Waals surface area (Å²) in [6.07, 6.45) is 3.21. The molecule has 1 aromatic heterocycles. The third-order valence-corrected chi connectivity index (χ3v) is 4.15. The highest BCUT2D eigenvalue weighted by atomic mass is 35.5. The molecule has 112 valence electrons. The van der Waals surface area contributed by atoms with Gasteiger partial charge in [0.15, 0.2) is 0 Å². The number of fused-ring (bicyclic) bond motifs is 3. The van der Waals surface area contributed by atoms with Crippen molar-refractivity contribution in [2.45, 2.75) is 6.54 Å². The standard InChI is InChI=1S/C18H11ClFN3/c19-14-6-3-5-13-16(14)17-11(8-21-10-23-17)9-22-18(13)12-4-1-2-7-15(12)20/h1-8,10H,9H2. The minimum absolute atomic E-state index is 0.311. The van der Waals surface area contributed by atoms with Crippen LogP contribution in [0.1, 0.15) is 16.7 Å². The Morgan fingerprint density at radius 2 is 1.83 bits per heavy atom. The van der Waals surface area contributed by atoms with E-state index in [1.54, 1.807) is 30.5 Å². The first-order valence-corrected chi connectivity index (χ1v) is 7.51. The predicted molar refractivity (Wildman–Crippen MR) is 88.2 cm³/mol. The molecule has 0 fully saturated rings. The molecule has 0 bridgehead atoms. The molecule has 0 radical (unpaired) electrons. The summed E-state index contributed by atoms with van der Waals surface area (Å²) >= 11 is 6.43. The van der Waals surface area contributed by atoms with Crippen molar-refractivity contribution in [2.24, 2.45) is 4.99 Å². The van der Waals surface area contributed by atoms with Gasteiger partial charge in [0.1, 0.15) is 12.1 Å². The van der Waals surface area contributed by atoms with Gasteiger partial charge in [-0.1, -0.05) is 35.9 Å². The highest BCUT2D eigenvalue weighted by Gasteiger charge is 2.23. The smallest absolute Gasteiger partial charge is 0.132 e. The van der Waals surface area contributed by atoms with Crippen LogP contribution in [0.2, 0.25) is 5.02 Å². The van der Waals surface area contributed by atoms with E-state index in [-0.39, 0.29) is 5.82 Å². The summed E-state index contributed by atoms with van der Waals surface area (Å²) in [4.78, 5) is 13.0. The van der Waals surface area contributed by atoms with Crippen molar-refractivity contribution < 1.29 is 4.39 Å². The summed E-state index contributed by atoms with van der Waals surface area (Å²) < 4.78 is 14.3. The molecule has 0 unspecified atom stereocenters. The third kappa shape index (κ3) is 2.32. The molecule has 4 rings (SSSR count). The van der Waals surface area contributed by atoms with Gasteiger partial charge in [-0.3, -0.25) is 4.99 Å². The molecule has 1 aliphatic rings. The molecule has 0 saturated heterocycles. The number of nitrogens with zero attached hydrogens (tertiary/aromatic N) is 3. The molecule has 0 N–H and O–H groups in total. The van der Waals surface area contributed by atoms with E-state index in [4.69, 9.17) is 11.6 Å². The van der Waals surface area contributed by atoms with Crippen LogP contribution >= 0.6 is 11.6 Å². The Labute approximate surface area is 137 Å². The maximum absolute atomic E-state index is 14.3. The lowest BCUT2D eigenvalue weighted by Gasteiger charge is -2.12. The average molecular weight is 324 g/mol. The highest BCUT2D eigenvalue weighted by molar-refractivity contribution is 6.35. The van der Waals surface area contributed by atoms with Crippen LogP contribution in [0.25, 0.3) is 11.3 Å². The van der Waals surface area contributed by atoms with Gasteiger partial charge in [0.2, 0.25) is 0 Å². The molecule has 0 aliphatic carbocycles. The van der Waals surface area contributed by atoms with Gasteiger partial charge in [0.25, 0.3) is 0 Å². The van der Waals surface area contributed by atoms with Gasteiger partial charge in [-0.15, -0.1) is 0 Å². The van der Waals surface area contributed by atoms with Crippen LogP contribution in [0.15, 0.2) is 60.0 Å². The first-order chi connectivity index (χ1) is 11.3. The molecular formula is C18H11ClFN3. The van der Waals surface area contributed by atoms with Gasteiger partial charge in [-0.05, 0) is 18.2 Å². The lowest BCUT2D eigenvalue weighted by molar-refractivity contribution is 0.625. The molecule has 5 heteroatoms. The van der Waals surface area contributed by atoms with Crippen molar-refractivity contribution in [3.63, 3.8) is 0 Å². The van der Waals surface area contributed by atoms with E-state index in [0.29, 0.717) is 22.8 Å². The van der Waals surface area contributed by atoms with E-state index in [1.807, 2.05) is 12.1 Å². The normalized spacial score (nSPS) is 12.9. The molecule has 2 aromatic carbocycles. The third-order valence-electron chi connectivity index (χ3n) is 3.83. The van der Waals surface area contributed by atoms with E-state index in [1.165, 1.54) is 12.4 Å². The van der Waals surface area contributed by atoms with Crippen LogP contribution in [0, 0.1) is 5.82 Å². The van der Waals surface area contributed by atoms with Crippen LogP contribution < -0.4 is 0 Å². The first kappa shape index (κ1) is 14.0. The number of hydrogen-bond acceptors (Lipinski definition) is 3. The maximum atomic E-state index is 14.3. The summed E-state index contributed by atoms with van der Waals surface area (Å²) in [6, 6.07) is 12.1. The van der Waals surface area contributed by atoms with Crippen LogP contribution in [0.4, 0.5) is 4.39 Å². The van der Waals surface area contributed by atoms with E-state index < -0.39 is 0 Å². The summed E-state index contributed by atoms with van der Waals surface area (Å²) in [7, 11) is 0. The predicted octanol–water partition coefficient (Wildman–Crippen LogP) is 4.29. The van der Waals surface area contributed by atoms with Crippen LogP contribution in [0.5, 0.6) is 0 Å². The quantitative estimate of drug-likeness (QED) is 0.670. The zero-order valence-electron chi connectivity index (χ0n) is 12.0. The Hall–Kier alpha value is -2.59. The first-order valence-electron chi connectivity index (χ1n) is 7.13. The van der Waals surface area contributed by atoms with Gasteiger partial charge < -0.3 is 0 Å². The van der Waals surface area contributed by atoms with Crippen molar-refractivity contribution in [3.8, 4) is 11.3 Å². The van der Waals surface area contributed by atoms with Crippen molar-refractivity contribution >= 4 is 17.3 Å². The second kappa shape index (κ2) is 5.56. The minimum Gasteiger partial charge on any atom is -0.279 e. The Morgan fingerprint density at radius 1 is 1.00 bits per heavy atom. The number of aliphatic imine (C=N–C) groups is 1. The Bertz CT molecular complexity index is 937. The molecular weight excluding hydrogens is 313 g/mol. The fraction of sp³-hybridized carbons (Fsp3) is 0.0556. The Balaban J connectivity index is 2.04. The van der Waals surface area contributed by atoms with E-state index in [9.17, 15) is 4.39 Å². The van der Waals surface area contributed by atoms with Crippen molar-refractivity contribution in [1.29, 1.82) is 0 Å². The van der Waals surface area contributed by atoms with Crippen LogP contribution in [0.3, 0.4) is 0 Å². The molecule has 23 heavy (non-hydrogen) atoms. The number of benzene rings is 2. The van der Waals surface area contributed by atoms with Gasteiger partial charge in [0.05, 0.1) is 23.0 Å². The summed E-state index contributed by atoms with van der Waals surface area (Å²) in [5.41, 5.74) is 4.20. The van der Waals surface area contributed by atoms with E-state index in [0.717, 1.165) is 22.4 Å². The maximum Gasteiger partial charge on any atom is 0.132 e. The van der Waals surface area contributed by atoms with Crippen LogP contribution in [-0.2, 0) is 6.54 Å². The fourth-order valence-corrected chi connectivity index (χ4v) is 3.06. The van der Waals surface area contributed by atoms with Crippen molar-refractivity contribution in [3.05, 3.63) is 82.5 Å². The SMILES string of the molecule is Fc1ccccc1C1=NCc2cncnc2-c2c(Cl)cccc21. The largest absolute Gasteiger partial charge is 0.279 e. The lowest BCUT2D eigenvalue weighted by Crippen LogP contribution is -2.07. The van der Waals surface area contributed by atoms with Gasteiger partial charge >= 0.3 is 0 Å². The molecule has 2 heterocycles. The molecule has 1 aliphatic heterocycles. The monoisotopic (exact) mass is 323 g/mol. The van der Waals surface area contributed by atoms with E-state index >= 15 is 0 Å². The van der Waals surface area contributed by atoms with Crippen molar-refractivity contribution in [2.75, 3.05) is 0 Å². The molecule has 3 nitrogen and oxygen atoms in total. The summed E-state index contributed by atoms with van der Waals surface area (Å²) in [5.74, 6) is -0.311. The number of rotatable bonds is 1. The number of aromatic nitrogens is 2. The fourth-order valence-electron chi connectivity index (χ4n) is 2.79. The second-order valence-corrected chi connectivity index (χ2v) is 5.61. The molecule has 0 saturated carbocycles. The zero-order valence-corrected chi connectivity index (χ0v) is 12.8. The number of hydrogen-bond donors (Lipinski definition) is 0. The second-order valence-electron chi connectivity index (χ2n) is 5.20. The topological polar surface area (TPSA) is 38.1 Å². The van der Waals surface area contributed by atoms with Gasteiger partial charge in [0, 0.05) is 28.5 Å². The lowest BCUT2D eigenvalue weighted by atomic mass is 9.95. The number of halogens is 2. The van der Waals surface area contributed by atoms with Crippen LogP contribution in [-0.4, -0.2) is 15.7 Å². The van der Waals surface area contributed by atoms with Gasteiger partial charge in [-0.2, -0.15) is 0 Å². The van der Waals surface area contributed by atoms with Crippen molar-refractivity contribution in [1.82, 2.24) is 9.97 Å². The minimum atomic E-state index is -0.311. The Morgan fingerprint density at radius 3 is 2.70 bits per heavy atom. The molecule has 0 amide bonds. The molecule has 3 aromatic rings. The zero-order chi connectivity index (χ0) is 15.8. The average Bonchev–Trinajstić information content (AvgIpc) is 2.73. The summed E-state index contributed by atoms with van der Waals surface area (Å²) in [6.45, 7) is 0.380. The summed E-state index contributed by atoms with van der Waals surface area (Å²) in [5, 5.41) is 0.563. The molecule has 0 spiro atoms. The molecule has 0 atom stereocenters. The Kier molecular flexibility index (Phi) is 3.39. The highest BCUT2D eigenvalue weighted by Crippen LogP contribution is 2.36.